The highest BCUT2D eigenvalue weighted by Gasteiger charge is 1.90. The molecule has 4 heteroatoms. The highest BCUT2D eigenvalue weighted by Crippen LogP contribution is 1.52. The van der Waals surface area contributed by atoms with Gasteiger partial charge < -0.3 is 16.4 Å². The predicted molar refractivity (Wildman–Crippen MR) is 31.1 cm³/mol. The summed E-state index contributed by atoms with van der Waals surface area (Å²) in [5.41, 5.74) is 4.97. The number of amides is 1. The Morgan fingerprint density at radius 2 is 2.38 bits per heavy atom. The molecule has 0 unspecified atom stereocenters. The fraction of sp³-hybridized carbons (Fsp3) is 0.750. The summed E-state index contributed by atoms with van der Waals surface area (Å²) in [5, 5.41) is 5.25. The van der Waals surface area contributed by atoms with E-state index in [1.165, 1.54) is 0 Å². The molecule has 0 aliphatic rings. The second-order valence-electron chi connectivity index (χ2n) is 1.33. The van der Waals surface area contributed by atoms with Crippen LogP contribution in [0.15, 0.2) is 0 Å². The summed E-state index contributed by atoms with van der Waals surface area (Å²) >= 11 is 0. The van der Waals surface area contributed by atoms with Crippen LogP contribution in [0.1, 0.15) is 0 Å². The van der Waals surface area contributed by atoms with Crippen LogP contribution in [0.4, 0.5) is 0 Å². The quantitative estimate of drug-likeness (QED) is 0.383. The Balaban J connectivity index is 2.99. The summed E-state index contributed by atoms with van der Waals surface area (Å²) in [6, 6.07) is 0. The van der Waals surface area contributed by atoms with Gasteiger partial charge in [0.05, 0.1) is 13.2 Å². The van der Waals surface area contributed by atoms with Gasteiger partial charge in [-0.05, 0) is 7.05 Å². The number of nitrogens with two attached hydrogens (primary N) is 1. The summed E-state index contributed by atoms with van der Waals surface area (Å²) in [7, 11) is 1.75. The first kappa shape index (κ1) is 7.39. The zero-order chi connectivity index (χ0) is 6.41. The third kappa shape index (κ3) is 3.58. The van der Waals surface area contributed by atoms with Crippen molar-refractivity contribution in [2.45, 2.75) is 0 Å². The number of nitrogens with one attached hydrogen (secondary N) is 2. The van der Waals surface area contributed by atoms with Crippen LogP contribution in [-0.4, -0.2) is 26.2 Å². The van der Waals surface area contributed by atoms with Crippen molar-refractivity contribution < 1.29 is 4.79 Å². The molecule has 0 fully saturated rings. The zero-order valence-electron chi connectivity index (χ0n) is 4.90. The van der Waals surface area contributed by atoms with E-state index in [9.17, 15) is 4.79 Å². The van der Waals surface area contributed by atoms with Crippen LogP contribution < -0.4 is 16.4 Å². The molecule has 0 heterocycles. The lowest BCUT2D eigenvalue weighted by Crippen LogP contribution is -2.35. The Morgan fingerprint density at radius 1 is 1.75 bits per heavy atom. The first-order chi connectivity index (χ1) is 3.81. The van der Waals surface area contributed by atoms with Crippen molar-refractivity contribution in [2.24, 2.45) is 5.73 Å². The summed E-state index contributed by atoms with van der Waals surface area (Å²) in [6.45, 7) is 0.539. The molecule has 0 bridgehead atoms. The summed E-state index contributed by atoms with van der Waals surface area (Å²) in [6.07, 6.45) is 0. The van der Waals surface area contributed by atoms with Gasteiger partial charge in [0.15, 0.2) is 0 Å². The zero-order valence-corrected chi connectivity index (χ0v) is 4.90. The smallest absolute Gasteiger partial charge is 0.234 e. The van der Waals surface area contributed by atoms with Gasteiger partial charge in [0.2, 0.25) is 5.91 Å². The maximum atomic E-state index is 10.3. The van der Waals surface area contributed by atoms with Crippen LogP contribution >= 0.6 is 0 Å². The van der Waals surface area contributed by atoms with E-state index in [4.69, 9.17) is 5.73 Å². The number of hydrogen-bond donors (Lipinski definition) is 3. The van der Waals surface area contributed by atoms with Crippen molar-refractivity contribution >= 4 is 5.91 Å². The van der Waals surface area contributed by atoms with E-state index < -0.39 is 0 Å². The lowest BCUT2D eigenvalue weighted by Gasteiger charge is -1.98. The molecule has 0 aromatic heterocycles. The van der Waals surface area contributed by atoms with E-state index in [0.29, 0.717) is 6.67 Å². The monoisotopic (exact) mass is 117 g/mol. The van der Waals surface area contributed by atoms with Gasteiger partial charge in [-0.1, -0.05) is 0 Å². The third-order valence-corrected chi connectivity index (χ3v) is 0.648. The number of hydrogen-bond acceptors (Lipinski definition) is 3. The minimum absolute atomic E-state index is 0.0572. The second kappa shape index (κ2) is 4.55. The molecule has 1 amide bonds. The Bertz CT molecular complexity index is 73.7. The molecular formula is C4H11N3O. The molecular weight excluding hydrogens is 106 g/mol. The van der Waals surface area contributed by atoms with Crippen molar-refractivity contribution in [3.05, 3.63) is 0 Å². The van der Waals surface area contributed by atoms with Gasteiger partial charge in [-0.2, -0.15) is 0 Å². The van der Waals surface area contributed by atoms with Crippen molar-refractivity contribution in [3.8, 4) is 0 Å². The molecule has 0 aromatic rings. The Hall–Kier alpha value is -0.610. The topological polar surface area (TPSA) is 67.1 Å². The number of carbonyl (C=O) groups excluding carboxylic acids is 1. The molecule has 0 aliphatic heterocycles. The number of rotatable bonds is 3. The van der Waals surface area contributed by atoms with Crippen LogP contribution in [-0.2, 0) is 4.79 Å². The largest absolute Gasteiger partial charge is 0.342 e. The van der Waals surface area contributed by atoms with Crippen LogP contribution in [0.2, 0.25) is 0 Å². The second-order valence-corrected chi connectivity index (χ2v) is 1.33. The third-order valence-electron chi connectivity index (χ3n) is 0.648. The average Bonchev–Trinajstić information content (AvgIpc) is 1.83. The van der Waals surface area contributed by atoms with Gasteiger partial charge >= 0.3 is 0 Å². The molecule has 4 nitrogen and oxygen atoms in total. The van der Waals surface area contributed by atoms with Crippen LogP contribution in [0, 0.1) is 0 Å². The van der Waals surface area contributed by atoms with Gasteiger partial charge in [0.1, 0.15) is 0 Å². The van der Waals surface area contributed by atoms with E-state index in [2.05, 4.69) is 10.6 Å². The summed E-state index contributed by atoms with van der Waals surface area (Å²) < 4.78 is 0. The van der Waals surface area contributed by atoms with Crippen LogP contribution in [0.25, 0.3) is 0 Å². The maximum absolute atomic E-state index is 10.3. The molecule has 48 valence electrons. The molecule has 0 radical (unpaired) electrons. The molecule has 0 aromatic carbocycles. The fourth-order valence-electron chi connectivity index (χ4n) is 0.259. The summed E-state index contributed by atoms with van der Waals surface area (Å²) in [5.74, 6) is -0.139. The SMILES string of the molecule is CNCNC(=O)CN. The van der Waals surface area contributed by atoms with Gasteiger partial charge in [-0.15, -0.1) is 0 Å². The highest BCUT2D eigenvalue weighted by atomic mass is 16.1. The minimum Gasteiger partial charge on any atom is -0.342 e. The maximum Gasteiger partial charge on any atom is 0.234 e. The van der Waals surface area contributed by atoms with Gasteiger partial charge in [0, 0.05) is 0 Å². The molecule has 0 aliphatic carbocycles. The average molecular weight is 117 g/mol. The lowest BCUT2D eigenvalue weighted by molar-refractivity contribution is -0.119. The Kier molecular flexibility index (Phi) is 4.20. The van der Waals surface area contributed by atoms with Crippen LogP contribution in [0.3, 0.4) is 0 Å². The first-order valence-electron chi connectivity index (χ1n) is 2.42. The van der Waals surface area contributed by atoms with Gasteiger partial charge in [-0.3, -0.25) is 4.79 Å². The first-order valence-corrected chi connectivity index (χ1v) is 2.42. The van der Waals surface area contributed by atoms with E-state index in [-0.39, 0.29) is 12.5 Å². The van der Waals surface area contributed by atoms with Crippen molar-refractivity contribution in [1.29, 1.82) is 0 Å². The molecule has 0 saturated carbocycles. The molecule has 0 saturated heterocycles. The highest BCUT2D eigenvalue weighted by molar-refractivity contribution is 5.77. The van der Waals surface area contributed by atoms with E-state index in [1.54, 1.807) is 7.05 Å². The Labute approximate surface area is 48.4 Å². The Morgan fingerprint density at radius 3 is 2.75 bits per heavy atom. The molecule has 0 atom stereocenters. The lowest BCUT2D eigenvalue weighted by atomic mass is 10.6. The predicted octanol–water partition coefficient (Wildman–Crippen LogP) is -1.76. The molecule has 8 heavy (non-hydrogen) atoms. The fourth-order valence-corrected chi connectivity index (χ4v) is 0.259. The normalized spacial score (nSPS) is 8.75. The van der Waals surface area contributed by atoms with Crippen LogP contribution in [0.5, 0.6) is 0 Å². The van der Waals surface area contributed by atoms with Crippen molar-refractivity contribution in [2.75, 3.05) is 20.3 Å². The van der Waals surface area contributed by atoms with E-state index >= 15 is 0 Å². The van der Waals surface area contributed by atoms with E-state index in [1.807, 2.05) is 0 Å². The van der Waals surface area contributed by atoms with Gasteiger partial charge in [0.25, 0.3) is 0 Å². The van der Waals surface area contributed by atoms with Crippen molar-refractivity contribution in [3.63, 3.8) is 0 Å². The molecule has 0 spiro atoms. The molecule has 0 rings (SSSR count). The minimum atomic E-state index is -0.139. The number of carbonyl (C=O) groups is 1. The molecule has 4 N–H and O–H groups in total. The van der Waals surface area contributed by atoms with E-state index in [0.717, 1.165) is 0 Å². The van der Waals surface area contributed by atoms with Crippen molar-refractivity contribution in [1.82, 2.24) is 10.6 Å². The van der Waals surface area contributed by atoms with Gasteiger partial charge in [-0.25, -0.2) is 0 Å². The summed E-state index contributed by atoms with van der Waals surface area (Å²) in [4.78, 5) is 10.3. The standard InChI is InChI=1S/C4H11N3O/c1-6-3-7-4(8)2-5/h6H,2-3,5H2,1H3,(H,7,8).